The van der Waals surface area contributed by atoms with Crippen LogP contribution in [0.25, 0.3) is 11.4 Å². The summed E-state index contributed by atoms with van der Waals surface area (Å²) in [5, 5.41) is 13.9. The second kappa shape index (κ2) is 6.77. The van der Waals surface area contributed by atoms with Crippen LogP contribution in [0.3, 0.4) is 0 Å². The minimum atomic E-state index is -3.72. The smallest absolute Gasteiger partial charge is 0.240 e. The molecule has 2 N–H and O–H groups in total. The van der Waals surface area contributed by atoms with Crippen LogP contribution in [-0.2, 0) is 17.1 Å². The highest BCUT2D eigenvalue weighted by Crippen LogP contribution is 2.32. The van der Waals surface area contributed by atoms with Crippen molar-refractivity contribution in [3.8, 4) is 11.4 Å². The normalized spacial score (nSPS) is 11.5. The lowest BCUT2D eigenvalue weighted by Gasteiger charge is -2.14. The van der Waals surface area contributed by atoms with Crippen molar-refractivity contribution in [2.75, 3.05) is 12.4 Å². The molecule has 8 nitrogen and oxygen atoms in total. The second-order valence-electron chi connectivity index (χ2n) is 5.29. The number of hydrogen-bond donors (Lipinski definition) is 2. The summed E-state index contributed by atoms with van der Waals surface area (Å²) in [6, 6.07) is 7.08. The topological polar surface area (TPSA) is 102 Å². The molecule has 0 aliphatic rings. The molecule has 26 heavy (non-hydrogen) atoms. The van der Waals surface area contributed by atoms with Gasteiger partial charge < -0.3 is 5.32 Å². The molecule has 1 heterocycles. The van der Waals surface area contributed by atoms with Gasteiger partial charge in [0, 0.05) is 24.4 Å². The molecule has 11 heteroatoms. The van der Waals surface area contributed by atoms with Crippen molar-refractivity contribution in [3.05, 3.63) is 48.0 Å². The average Bonchev–Trinajstić information content (AvgIpc) is 3.04. The molecule has 0 saturated heterocycles. The molecule has 3 rings (SSSR count). The standard InChI is InChI=1S/C15H14F2N6O2S/c1-18-26(24,25)10-4-6-13(11(8-10)15-20-21-22-23(15)2)19-14-7-9(16)3-5-12(14)17/h3-8,18-19H,1-2H3. The van der Waals surface area contributed by atoms with E-state index in [1.54, 1.807) is 7.05 Å². The number of aryl methyl sites for hydroxylation is 1. The molecule has 2 aromatic carbocycles. The summed E-state index contributed by atoms with van der Waals surface area (Å²) in [4.78, 5) is -0.0248. The Hall–Kier alpha value is -2.92. The third-order valence-corrected chi connectivity index (χ3v) is 5.04. The quantitative estimate of drug-likeness (QED) is 0.700. The summed E-state index contributed by atoms with van der Waals surface area (Å²) in [6.45, 7) is 0. The Labute approximate surface area is 147 Å². The summed E-state index contributed by atoms with van der Waals surface area (Å²) in [7, 11) is -0.863. The lowest BCUT2D eigenvalue weighted by Crippen LogP contribution is -2.18. The van der Waals surface area contributed by atoms with Crippen LogP contribution in [0.1, 0.15) is 0 Å². The summed E-state index contributed by atoms with van der Waals surface area (Å²) in [6.07, 6.45) is 0. The van der Waals surface area contributed by atoms with Crippen LogP contribution in [-0.4, -0.2) is 35.7 Å². The van der Waals surface area contributed by atoms with Gasteiger partial charge in [-0.1, -0.05) is 0 Å². The highest BCUT2D eigenvalue weighted by atomic mass is 32.2. The number of sulfonamides is 1. The molecule has 0 unspecified atom stereocenters. The van der Waals surface area contributed by atoms with E-state index in [2.05, 4.69) is 25.6 Å². The lowest BCUT2D eigenvalue weighted by molar-refractivity contribution is 0.588. The Morgan fingerprint density at radius 1 is 1.08 bits per heavy atom. The Morgan fingerprint density at radius 2 is 1.85 bits per heavy atom. The fourth-order valence-electron chi connectivity index (χ4n) is 2.30. The van der Waals surface area contributed by atoms with Crippen LogP contribution >= 0.6 is 0 Å². The first-order valence-electron chi connectivity index (χ1n) is 7.34. The predicted octanol–water partition coefficient (Wildman–Crippen LogP) is 1.81. The van der Waals surface area contributed by atoms with Gasteiger partial charge in [-0.25, -0.2) is 26.6 Å². The van der Waals surface area contributed by atoms with Gasteiger partial charge in [0.15, 0.2) is 5.82 Å². The summed E-state index contributed by atoms with van der Waals surface area (Å²) >= 11 is 0. The minimum Gasteiger partial charge on any atom is -0.352 e. The summed E-state index contributed by atoms with van der Waals surface area (Å²) in [5.74, 6) is -1.04. The number of nitrogens with zero attached hydrogens (tertiary/aromatic N) is 4. The summed E-state index contributed by atoms with van der Waals surface area (Å²) < 4.78 is 55.1. The van der Waals surface area contributed by atoms with Gasteiger partial charge in [0.05, 0.1) is 10.6 Å². The van der Waals surface area contributed by atoms with Crippen LogP contribution in [0.2, 0.25) is 0 Å². The van der Waals surface area contributed by atoms with Crippen molar-refractivity contribution in [1.29, 1.82) is 0 Å². The van der Waals surface area contributed by atoms with Crippen molar-refractivity contribution < 1.29 is 17.2 Å². The predicted molar refractivity (Wildman–Crippen MR) is 90.1 cm³/mol. The van der Waals surface area contributed by atoms with Crippen molar-refractivity contribution >= 4 is 21.4 Å². The third-order valence-electron chi connectivity index (χ3n) is 3.63. The Bertz CT molecular complexity index is 1070. The lowest BCUT2D eigenvalue weighted by atomic mass is 10.1. The maximum absolute atomic E-state index is 14.0. The van der Waals surface area contributed by atoms with Crippen LogP contribution in [0.15, 0.2) is 41.3 Å². The monoisotopic (exact) mass is 380 g/mol. The SMILES string of the molecule is CNS(=O)(=O)c1ccc(Nc2cc(F)ccc2F)c(-c2nnnn2C)c1. The van der Waals surface area contributed by atoms with Gasteiger partial charge in [0.1, 0.15) is 11.6 Å². The molecule has 0 amide bonds. The van der Waals surface area contributed by atoms with Gasteiger partial charge in [-0.3, -0.25) is 0 Å². The van der Waals surface area contributed by atoms with E-state index in [4.69, 9.17) is 0 Å². The molecule has 0 radical (unpaired) electrons. The van der Waals surface area contributed by atoms with Crippen molar-refractivity contribution in [2.45, 2.75) is 4.90 Å². The molecule has 0 aliphatic heterocycles. The number of aromatic nitrogens is 4. The van der Waals surface area contributed by atoms with Crippen molar-refractivity contribution in [3.63, 3.8) is 0 Å². The van der Waals surface area contributed by atoms with Gasteiger partial charge in [-0.15, -0.1) is 5.10 Å². The van der Waals surface area contributed by atoms with E-state index in [9.17, 15) is 17.2 Å². The fourth-order valence-corrected chi connectivity index (χ4v) is 3.05. The molecule has 136 valence electrons. The summed E-state index contributed by atoms with van der Waals surface area (Å²) in [5.41, 5.74) is 0.505. The van der Waals surface area contributed by atoms with Crippen LogP contribution in [0.5, 0.6) is 0 Å². The first-order chi connectivity index (χ1) is 12.3. The number of tetrazole rings is 1. The average molecular weight is 380 g/mol. The van der Waals surface area contributed by atoms with Crippen molar-refractivity contribution in [2.24, 2.45) is 7.05 Å². The van der Waals surface area contributed by atoms with Crippen molar-refractivity contribution in [1.82, 2.24) is 24.9 Å². The first-order valence-corrected chi connectivity index (χ1v) is 8.82. The molecule has 0 atom stereocenters. The Balaban J connectivity index is 2.16. The van der Waals surface area contributed by atoms with Gasteiger partial charge in [-0.05, 0) is 47.8 Å². The number of hydrogen-bond acceptors (Lipinski definition) is 6. The largest absolute Gasteiger partial charge is 0.352 e. The van der Waals surface area contributed by atoms with Crippen LogP contribution in [0, 0.1) is 11.6 Å². The highest BCUT2D eigenvalue weighted by molar-refractivity contribution is 7.89. The maximum atomic E-state index is 14.0. The van der Waals surface area contributed by atoms with E-state index < -0.39 is 21.7 Å². The van der Waals surface area contributed by atoms with E-state index >= 15 is 0 Å². The molecule has 0 spiro atoms. The number of rotatable bonds is 5. The van der Waals surface area contributed by atoms with Gasteiger partial charge in [-0.2, -0.15) is 0 Å². The molecule has 1 aromatic heterocycles. The van der Waals surface area contributed by atoms with Gasteiger partial charge in [0.25, 0.3) is 0 Å². The van der Waals surface area contributed by atoms with E-state index in [1.165, 1.54) is 29.9 Å². The van der Waals surface area contributed by atoms with Gasteiger partial charge >= 0.3 is 0 Å². The third kappa shape index (κ3) is 3.39. The molecule has 0 aliphatic carbocycles. The molecule has 0 bridgehead atoms. The Kier molecular flexibility index (Phi) is 4.66. The fraction of sp³-hybridized carbons (Fsp3) is 0.133. The number of nitrogens with one attached hydrogen (secondary N) is 2. The molecule has 0 fully saturated rings. The van der Waals surface area contributed by atoms with Crippen LogP contribution < -0.4 is 10.0 Å². The zero-order valence-corrected chi connectivity index (χ0v) is 14.6. The number of halogens is 2. The molecular formula is C15H14F2N6O2S. The van der Waals surface area contributed by atoms with E-state index in [-0.39, 0.29) is 16.4 Å². The maximum Gasteiger partial charge on any atom is 0.240 e. The van der Waals surface area contributed by atoms with E-state index in [0.29, 0.717) is 11.3 Å². The van der Waals surface area contributed by atoms with Gasteiger partial charge in [0.2, 0.25) is 10.0 Å². The second-order valence-corrected chi connectivity index (χ2v) is 7.18. The zero-order valence-electron chi connectivity index (χ0n) is 13.7. The van der Waals surface area contributed by atoms with E-state index in [0.717, 1.165) is 18.2 Å². The first kappa shape index (κ1) is 17.9. The highest BCUT2D eigenvalue weighted by Gasteiger charge is 2.19. The van der Waals surface area contributed by atoms with E-state index in [1.807, 2.05) is 0 Å². The molecular weight excluding hydrogens is 366 g/mol. The zero-order chi connectivity index (χ0) is 18.9. The van der Waals surface area contributed by atoms with Crippen LogP contribution in [0.4, 0.5) is 20.2 Å². The minimum absolute atomic E-state index is 0.0248. The number of anilines is 2. The number of benzene rings is 2. The Morgan fingerprint density at radius 3 is 2.50 bits per heavy atom. The molecule has 3 aromatic rings. The molecule has 0 saturated carbocycles.